The lowest BCUT2D eigenvalue weighted by Crippen LogP contribution is -2.61. The predicted octanol–water partition coefficient (Wildman–Crippen LogP) is 0.643. The molecule has 0 radical (unpaired) electrons. The van der Waals surface area contributed by atoms with Gasteiger partial charge in [-0.15, -0.1) is 0 Å². The second-order valence-corrected chi connectivity index (χ2v) is 9.01. The fourth-order valence-electron chi connectivity index (χ4n) is 3.69. The van der Waals surface area contributed by atoms with Crippen LogP contribution in [-0.2, 0) is 21.8 Å². The number of ether oxygens (including phenoxy) is 1. The van der Waals surface area contributed by atoms with Gasteiger partial charge in [0.15, 0.2) is 0 Å². The molecule has 0 unspecified atom stereocenters. The van der Waals surface area contributed by atoms with Crippen LogP contribution in [-0.4, -0.2) is 71.7 Å². The number of hydrogen-bond donors (Lipinski definition) is 0. The largest absolute Gasteiger partial charge is 0.369 e. The van der Waals surface area contributed by atoms with Crippen LogP contribution in [0.3, 0.4) is 0 Å². The van der Waals surface area contributed by atoms with E-state index >= 15 is 0 Å². The molecule has 9 heteroatoms. The summed E-state index contributed by atoms with van der Waals surface area (Å²) in [5.41, 5.74) is 1.41. The molecule has 4 rings (SSSR count). The number of amides is 1. The molecule has 2 aliphatic rings. The predicted molar refractivity (Wildman–Crippen MR) is 97.7 cm³/mol. The number of rotatable bonds is 3. The maximum absolute atomic E-state index is 13.0. The Morgan fingerprint density at radius 2 is 1.85 bits per heavy atom. The second-order valence-electron chi connectivity index (χ2n) is 7.07. The number of nitrogens with zero attached hydrogens (tertiary/aromatic N) is 4. The van der Waals surface area contributed by atoms with Crippen LogP contribution in [0, 0.1) is 6.92 Å². The minimum absolute atomic E-state index is 0.108. The highest BCUT2D eigenvalue weighted by molar-refractivity contribution is 7.89. The molecule has 2 saturated heterocycles. The standard InChI is InChI=1S/C18H22N4O4S/c1-13-4-3-5-16(8-13)27(24,25)22-11-14-9-21(10-15(12-22)26-14)18(23)17-6-7-19-20(17)2/h3-8,14-15H,9-12H2,1-2H3/t14-,15+. The van der Waals surface area contributed by atoms with Gasteiger partial charge in [-0.25, -0.2) is 8.42 Å². The first kappa shape index (κ1) is 18.1. The minimum atomic E-state index is -3.58. The van der Waals surface area contributed by atoms with Crippen LogP contribution >= 0.6 is 0 Å². The van der Waals surface area contributed by atoms with Gasteiger partial charge in [0.05, 0.1) is 17.1 Å². The summed E-state index contributed by atoms with van der Waals surface area (Å²) >= 11 is 0. The second kappa shape index (κ2) is 6.74. The third-order valence-electron chi connectivity index (χ3n) is 5.00. The molecule has 27 heavy (non-hydrogen) atoms. The first-order valence-electron chi connectivity index (χ1n) is 8.84. The number of benzene rings is 1. The Morgan fingerprint density at radius 3 is 2.44 bits per heavy atom. The number of morpholine rings is 2. The third-order valence-corrected chi connectivity index (χ3v) is 6.83. The van der Waals surface area contributed by atoms with Crippen molar-refractivity contribution in [1.82, 2.24) is 19.0 Å². The van der Waals surface area contributed by atoms with Crippen LogP contribution in [0.2, 0.25) is 0 Å². The third kappa shape index (κ3) is 3.38. The van der Waals surface area contributed by atoms with Crippen molar-refractivity contribution in [3.63, 3.8) is 0 Å². The fraction of sp³-hybridized carbons (Fsp3) is 0.444. The summed E-state index contributed by atoms with van der Waals surface area (Å²) in [5, 5.41) is 4.04. The number of carbonyl (C=O) groups excluding carboxylic acids is 1. The van der Waals surface area contributed by atoms with Crippen molar-refractivity contribution >= 4 is 15.9 Å². The summed E-state index contributed by atoms with van der Waals surface area (Å²) in [5.74, 6) is -0.108. The van der Waals surface area contributed by atoms with Crippen molar-refractivity contribution < 1.29 is 17.9 Å². The van der Waals surface area contributed by atoms with Gasteiger partial charge in [0.1, 0.15) is 5.69 Å². The Kier molecular flexibility index (Phi) is 4.53. The molecule has 3 heterocycles. The Balaban J connectivity index is 1.51. The molecule has 2 bridgehead atoms. The molecule has 2 fully saturated rings. The number of fused-ring (bicyclic) bond motifs is 2. The van der Waals surface area contributed by atoms with Crippen molar-refractivity contribution in [1.29, 1.82) is 0 Å². The van der Waals surface area contributed by atoms with E-state index < -0.39 is 10.0 Å². The number of hydrogen-bond acceptors (Lipinski definition) is 5. The average Bonchev–Trinajstić information content (AvgIpc) is 3.06. The molecular weight excluding hydrogens is 368 g/mol. The van der Waals surface area contributed by atoms with Gasteiger partial charge in [-0.05, 0) is 30.7 Å². The van der Waals surface area contributed by atoms with Crippen LogP contribution in [0.15, 0.2) is 41.4 Å². The topological polar surface area (TPSA) is 84.7 Å². The minimum Gasteiger partial charge on any atom is -0.369 e. The average molecular weight is 390 g/mol. The quantitative estimate of drug-likeness (QED) is 0.768. The van der Waals surface area contributed by atoms with E-state index in [1.54, 1.807) is 47.1 Å². The highest BCUT2D eigenvalue weighted by Crippen LogP contribution is 2.26. The first-order valence-corrected chi connectivity index (χ1v) is 10.3. The molecule has 144 valence electrons. The zero-order chi connectivity index (χ0) is 19.2. The molecule has 1 amide bonds. The smallest absolute Gasteiger partial charge is 0.272 e. The van der Waals surface area contributed by atoms with Gasteiger partial charge < -0.3 is 9.64 Å². The summed E-state index contributed by atoms with van der Waals surface area (Å²) in [6.07, 6.45) is 0.911. The Labute approximate surface area is 158 Å². The van der Waals surface area contributed by atoms with E-state index in [2.05, 4.69) is 5.10 Å². The molecule has 1 aromatic heterocycles. The van der Waals surface area contributed by atoms with E-state index in [1.165, 1.54) is 4.31 Å². The van der Waals surface area contributed by atoms with E-state index in [0.29, 0.717) is 23.7 Å². The normalized spacial score (nSPS) is 23.4. The van der Waals surface area contributed by atoms with Gasteiger partial charge in [0.2, 0.25) is 10.0 Å². The first-order chi connectivity index (χ1) is 12.8. The van der Waals surface area contributed by atoms with Gasteiger partial charge in [-0.2, -0.15) is 9.40 Å². The van der Waals surface area contributed by atoms with Crippen LogP contribution < -0.4 is 0 Å². The molecule has 2 atom stereocenters. The van der Waals surface area contributed by atoms with E-state index in [9.17, 15) is 13.2 Å². The van der Waals surface area contributed by atoms with Gasteiger partial charge in [-0.1, -0.05) is 12.1 Å². The monoisotopic (exact) mass is 390 g/mol. The number of sulfonamides is 1. The zero-order valence-corrected chi connectivity index (χ0v) is 16.1. The molecule has 2 aromatic rings. The lowest BCUT2D eigenvalue weighted by atomic mass is 10.1. The highest BCUT2D eigenvalue weighted by Gasteiger charge is 2.41. The van der Waals surface area contributed by atoms with Crippen LogP contribution in [0.5, 0.6) is 0 Å². The van der Waals surface area contributed by atoms with Gasteiger partial charge >= 0.3 is 0 Å². The van der Waals surface area contributed by atoms with Gasteiger partial charge in [0, 0.05) is 39.4 Å². The Hall–Kier alpha value is -2.23. The maximum atomic E-state index is 13.0. The van der Waals surface area contributed by atoms with Crippen molar-refractivity contribution in [3.8, 4) is 0 Å². The lowest BCUT2D eigenvalue weighted by Gasteiger charge is -2.45. The summed E-state index contributed by atoms with van der Waals surface area (Å²) in [6.45, 7) is 3.07. The molecular formula is C18H22N4O4S. The van der Waals surface area contributed by atoms with Crippen molar-refractivity contribution in [3.05, 3.63) is 47.8 Å². The van der Waals surface area contributed by atoms with Gasteiger partial charge in [0.25, 0.3) is 5.91 Å². The summed E-state index contributed by atoms with van der Waals surface area (Å²) in [4.78, 5) is 14.8. The Bertz CT molecular complexity index is 957. The molecule has 0 spiro atoms. The number of aryl methyl sites for hydroxylation is 2. The van der Waals surface area contributed by atoms with E-state index in [0.717, 1.165) is 5.56 Å². The highest BCUT2D eigenvalue weighted by atomic mass is 32.2. The van der Waals surface area contributed by atoms with Crippen molar-refractivity contribution in [2.75, 3.05) is 26.2 Å². The lowest BCUT2D eigenvalue weighted by molar-refractivity contribution is -0.113. The van der Waals surface area contributed by atoms with Crippen molar-refractivity contribution in [2.45, 2.75) is 24.0 Å². The van der Waals surface area contributed by atoms with Gasteiger partial charge in [-0.3, -0.25) is 9.48 Å². The fourth-order valence-corrected chi connectivity index (χ4v) is 5.30. The van der Waals surface area contributed by atoms with Crippen LogP contribution in [0.25, 0.3) is 0 Å². The van der Waals surface area contributed by atoms with E-state index in [-0.39, 0.29) is 31.2 Å². The molecule has 2 aliphatic heterocycles. The molecule has 1 aromatic carbocycles. The maximum Gasteiger partial charge on any atom is 0.272 e. The molecule has 0 aliphatic carbocycles. The zero-order valence-electron chi connectivity index (χ0n) is 15.3. The summed E-state index contributed by atoms with van der Waals surface area (Å²) < 4.78 is 34.9. The van der Waals surface area contributed by atoms with Crippen molar-refractivity contribution in [2.24, 2.45) is 7.05 Å². The molecule has 8 nitrogen and oxygen atoms in total. The SMILES string of the molecule is Cc1cccc(S(=O)(=O)N2C[C@H]3CN(C(=O)c4ccnn4C)C[C@@H](C2)O3)c1. The summed E-state index contributed by atoms with van der Waals surface area (Å²) in [7, 11) is -1.85. The molecule has 0 saturated carbocycles. The summed E-state index contributed by atoms with van der Waals surface area (Å²) in [6, 6.07) is 8.60. The number of carbonyl (C=O) groups is 1. The number of aromatic nitrogens is 2. The van der Waals surface area contributed by atoms with Crippen LogP contribution in [0.1, 0.15) is 16.1 Å². The Morgan fingerprint density at radius 1 is 1.15 bits per heavy atom. The molecule has 0 N–H and O–H groups in total. The van der Waals surface area contributed by atoms with E-state index in [4.69, 9.17) is 4.74 Å². The van der Waals surface area contributed by atoms with E-state index in [1.807, 2.05) is 13.0 Å². The van der Waals surface area contributed by atoms with Crippen LogP contribution in [0.4, 0.5) is 0 Å².